The first-order chi connectivity index (χ1) is 11.2. The second-order valence-electron chi connectivity index (χ2n) is 7.22. The normalized spacial score (nSPS) is 18.9. The summed E-state index contributed by atoms with van der Waals surface area (Å²) in [5.41, 5.74) is 6.29. The zero-order valence-corrected chi connectivity index (χ0v) is 15.4. The van der Waals surface area contributed by atoms with Crippen LogP contribution in [0.1, 0.15) is 78.6 Å². The summed E-state index contributed by atoms with van der Waals surface area (Å²) in [5.74, 6) is 0.690. The highest BCUT2D eigenvalue weighted by molar-refractivity contribution is 5.34. The predicted octanol–water partition coefficient (Wildman–Crippen LogP) is 7.46. The molecule has 0 aromatic rings. The molecular formula is C23H34. The molecule has 2 aliphatic rings. The number of unbranched alkanes of at least 4 members (excludes halogenated alkanes) is 2. The lowest BCUT2D eigenvalue weighted by molar-refractivity contribution is 0.550. The molecular weight excluding hydrogens is 276 g/mol. The third-order valence-corrected chi connectivity index (χ3v) is 5.12. The van der Waals surface area contributed by atoms with E-state index in [-0.39, 0.29) is 0 Å². The fraction of sp³-hybridized carbons (Fsp3) is 0.565. The predicted molar refractivity (Wildman–Crippen MR) is 104 cm³/mol. The van der Waals surface area contributed by atoms with Gasteiger partial charge in [-0.1, -0.05) is 80.7 Å². The van der Waals surface area contributed by atoms with Gasteiger partial charge in [0.05, 0.1) is 0 Å². The lowest BCUT2D eigenvalue weighted by Crippen LogP contribution is -1.98. The van der Waals surface area contributed by atoms with Crippen molar-refractivity contribution in [2.24, 2.45) is 5.92 Å². The topological polar surface area (TPSA) is 0 Å². The van der Waals surface area contributed by atoms with Gasteiger partial charge in [0, 0.05) is 0 Å². The molecule has 0 spiro atoms. The van der Waals surface area contributed by atoms with E-state index in [1.165, 1.54) is 62.5 Å². The van der Waals surface area contributed by atoms with Crippen molar-refractivity contribution in [2.75, 3.05) is 0 Å². The molecule has 0 heterocycles. The minimum atomic E-state index is 0.690. The Labute approximate surface area is 143 Å². The van der Waals surface area contributed by atoms with E-state index in [0.717, 1.165) is 6.42 Å². The summed E-state index contributed by atoms with van der Waals surface area (Å²) in [5, 5.41) is 0. The molecule has 23 heavy (non-hydrogen) atoms. The molecule has 0 aliphatic heterocycles. The second-order valence-corrected chi connectivity index (χ2v) is 7.22. The minimum absolute atomic E-state index is 0.690. The summed E-state index contributed by atoms with van der Waals surface area (Å²) < 4.78 is 0. The van der Waals surface area contributed by atoms with E-state index >= 15 is 0 Å². The molecule has 0 bridgehead atoms. The van der Waals surface area contributed by atoms with Crippen molar-refractivity contribution in [1.82, 2.24) is 0 Å². The maximum atomic E-state index is 2.39. The molecule has 0 heteroatoms. The molecule has 0 nitrogen and oxygen atoms in total. The van der Waals surface area contributed by atoms with Gasteiger partial charge in [0.15, 0.2) is 0 Å². The van der Waals surface area contributed by atoms with Gasteiger partial charge in [0.2, 0.25) is 0 Å². The molecule has 0 N–H and O–H groups in total. The van der Waals surface area contributed by atoms with Gasteiger partial charge in [-0.25, -0.2) is 0 Å². The van der Waals surface area contributed by atoms with E-state index in [2.05, 4.69) is 57.2 Å². The second kappa shape index (κ2) is 9.75. The van der Waals surface area contributed by atoms with Crippen molar-refractivity contribution in [3.05, 3.63) is 58.7 Å². The average molecular weight is 311 g/mol. The van der Waals surface area contributed by atoms with Crippen LogP contribution in [-0.2, 0) is 0 Å². The first-order valence-corrected chi connectivity index (χ1v) is 9.63. The molecule has 0 radical (unpaired) electrons. The molecule has 0 amide bonds. The zero-order chi connectivity index (χ0) is 16.5. The average Bonchev–Trinajstić information content (AvgIpc) is 2.85. The van der Waals surface area contributed by atoms with Crippen LogP contribution in [0.3, 0.4) is 0 Å². The van der Waals surface area contributed by atoms with Crippen molar-refractivity contribution in [2.45, 2.75) is 78.6 Å². The van der Waals surface area contributed by atoms with Crippen molar-refractivity contribution in [1.29, 1.82) is 0 Å². The molecule has 1 atom stereocenters. The lowest BCUT2D eigenvalue weighted by atomic mass is 9.92. The standard InChI is InChI=1S/C23H34/c1-4-11-21-16-10-17-22(21)14-7-5-6-13-20(3)23-15-9-8-12-19(2)18-23/h9-10,12,15-16,18,20H,4-8,11,13-14,17H2,1-3H3/t20-/m1/s1. The highest BCUT2D eigenvalue weighted by Crippen LogP contribution is 2.28. The van der Waals surface area contributed by atoms with Gasteiger partial charge in [0.25, 0.3) is 0 Å². The third kappa shape index (κ3) is 6.01. The summed E-state index contributed by atoms with van der Waals surface area (Å²) >= 11 is 0. The third-order valence-electron chi connectivity index (χ3n) is 5.12. The quantitative estimate of drug-likeness (QED) is 0.388. The molecule has 2 aliphatic carbocycles. The van der Waals surface area contributed by atoms with E-state index in [0.29, 0.717) is 5.92 Å². The van der Waals surface area contributed by atoms with E-state index < -0.39 is 0 Å². The van der Waals surface area contributed by atoms with Crippen LogP contribution in [-0.4, -0.2) is 0 Å². The molecule has 2 rings (SSSR count). The van der Waals surface area contributed by atoms with E-state index in [1.54, 1.807) is 11.1 Å². The molecule has 0 aromatic carbocycles. The molecule has 0 unspecified atom stereocenters. The minimum Gasteiger partial charge on any atom is -0.0804 e. The van der Waals surface area contributed by atoms with Gasteiger partial charge in [-0.3, -0.25) is 0 Å². The molecule has 0 saturated carbocycles. The van der Waals surface area contributed by atoms with Crippen molar-refractivity contribution in [3.8, 4) is 0 Å². The lowest BCUT2D eigenvalue weighted by Gasteiger charge is -2.13. The van der Waals surface area contributed by atoms with E-state index in [9.17, 15) is 0 Å². The van der Waals surface area contributed by atoms with Gasteiger partial charge in [-0.2, -0.15) is 0 Å². The molecule has 0 saturated heterocycles. The smallest absolute Gasteiger partial charge is 0.0130 e. The first kappa shape index (κ1) is 18.0. The fourth-order valence-corrected chi connectivity index (χ4v) is 3.65. The van der Waals surface area contributed by atoms with E-state index in [4.69, 9.17) is 0 Å². The Morgan fingerprint density at radius 1 is 1.04 bits per heavy atom. The molecule has 0 fully saturated rings. The van der Waals surface area contributed by atoms with Crippen molar-refractivity contribution >= 4 is 0 Å². The number of hydrogen-bond donors (Lipinski definition) is 0. The van der Waals surface area contributed by atoms with Gasteiger partial charge in [-0.15, -0.1) is 0 Å². The SMILES string of the molecule is CCCC1=C(CCCCC[C@@H](C)C2=CC(C)=CCC=C2)CC=C1. The van der Waals surface area contributed by atoms with E-state index in [1.807, 2.05) is 0 Å². The maximum absolute atomic E-state index is 2.39. The summed E-state index contributed by atoms with van der Waals surface area (Å²) in [4.78, 5) is 0. The van der Waals surface area contributed by atoms with Gasteiger partial charge >= 0.3 is 0 Å². The van der Waals surface area contributed by atoms with Gasteiger partial charge in [0.1, 0.15) is 0 Å². The van der Waals surface area contributed by atoms with Crippen LogP contribution < -0.4 is 0 Å². The summed E-state index contributed by atoms with van der Waals surface area (Å²) in [6, 6.07) is 0. The number of rotatable bonds is 9. The Morgan fingerprint density at radius 2 is 1.91 bits per heavy atom. The zero-order valence-electron chi connectivity index (χ0n) is 15.4. The first-order valence-electron chi connectivity index (χ1n) is 9.63. The Balaban J connectivity index is 1.67. The number of allylic oxidation sites excluding steroid dienone is 10. The largest absolute Gasteiger partial charge is 0.0804 e. The van der Waals surface area contributed by atoms with Crippen LogP contribution in [0.15, 0.2) is 58.7 Å². The van der Waals surface area contributed by atoms with Gasteiger partial charge in [-0.05, 0) is 62.5 Å². The Kier molecular flexibility index (Phi) is 7.65. The Hall–Kier alpha value is -1.30. The van der Waals surface area contributed by atoms with Crippen molar-refractivity contribution in [3.63, 3.8) is 0 Å². The Bertz CT molecular complexity index is 522. The Morgan fingerprint density at radius 3 is 2.74 bits per heavy atom. The fourth-order valence-electron chi connectivity index (χ4n) is 3.65. The monoisotopic (exact) mass is 310 g/mol. The summed E-state index contributed by atoms with van der Waals surface area (Å²) in [6.45, 7) is 6.89. The molecule has 126 valence electrons. The molecule has 0 aromatic heterocycles. The maximum Gasteiger partial charge on any atom is -0.0130 e. The van der Waals surface area contributed by atoms with Crippen LogP contribution in [0.2, 0.25) is 0 Å². The van der Waals surface area contributed by atoms with Crippen LogP contribution in [0.4, 0.5) is 0 Å². The van der Waals surface area contributed by atoms with Crippen molar-refractivity contribution < 1.29 is 0 Å². The van der Waals surface area contributed by atoms with Crippen LogP contribution in [0, 0.1) is 5.92 Å². The van der Waals surface area contributed by atoms with Gasteiger partial charge < -0.3 is 0 Å². The highest BCUT2D eigenvalue weighted by atomic mass is 14.2. The van der Waals surface area contributed by atoms with Crippen LogP contribution >= 0.6 is 0 Å². The summed E-state index contributed by atoms with van der Waals surface area (Å²) in [7, 11) is 0. The highest BCUT2D eigenvalue weighted by Gasteiger charge is 2.10. The van der Waals surface area contributed by atoms with Crippen LogP contribution in [0.25, 0.3) is 0 Å². The van der Waals surface area contributed by atoms with Crippen LogP contribution in [0.5, 0.6) is 0 Å². The number of hydrogen-bond acceptors (Lipinski definition) is 0. The summed E-state index contributed by atoms with van der Waals surface area (Å²) in [6.07, 6.45) is 25.6.